The fraction of sp³-hybridized carbons (Fsp3) is 0.167. The Bertz CT molecular complexity index is 707. The molecular weight excluding hydrogens is 260 g/mol. The van der Waals surface area contributed by atoms with Crippen LogP contribution in [0.4, 0.5) is 5.69 Å². The highest BCUT2D eigenvalue weighted by atomic mass is 16.5. The van der Waals surface area contributed by atoms with Crippen molar-refractivity contribution in [2.75, 3.05) is 12.8 Å². The van der Waals surface area contributed by atoms with Crippen LogP contribution in [0, 0.1) is 0 Å². The molecule has 0 aliphatic rings. The largest absolute Gasteiger partial charge is 0.397 e. The first-order valence-corrected chi connectivity index (χ1v) is 5.86. The van der Waals surface area contributed by atoms with Crippen LogP contribution in [0.5, 0.6) is 0 Å². The molecule has 0 aromatic carbocycles. The summed E-state index contributed by atoms with van der Waals surface area (Å²) in [6.07, 6.45) is 3.11. The molecule has 0 saturated carbocycles. The summed E-state index contributed by atoms with van der Waals surface area (Å²) in [5, 5.41) is 12.1. The topological polar surface area (TPSA) is 105 Å². The van der Waals surface area contributed by atoms with Crippen molar-refractivity contribution in [2.24, 2.45) is 0 Å². The molecule has 0 aliphatic heterocycles. The van der Waals surface area contributed by atoms with E-state index in [2.05, 4.69) is 20.3 Å². The highest BCUT2D eigenvalue weighted by Gasteiger charge is 2.19. The van der Waals surface area contributed by atoms with E-state index in [1.54, 1.807) is 36.1 Å². The zero-order chi connectivity index (χ0) is 13.9. The molecule has 0 bridgehead atoms. The molecule has 0 spiro atoms. The van der Waals surface area contributed by atoms with Crippen LogP contribution >= 0.6 is 0 Å². The van der Waals surface area contributed by atoms with Gasteiger partial charge in [-0.15, -0.1) is 10.2 Å². The maximum Gasteiger partial charge on any atom is 0.190 e. The Labute approximate surface area is 114 Å². The number of nitrogens with two attached hydrogens (primary N) is 1. The highest BCUT2D eigenvalue weighted by molar-refractivity contribution is 5.68. The van der Waals surface area contributed by atoms with E-state index in [0.29, 0.717) is 28.8 Å². The van der Waals surface area contributed by atoms with Crippen LogP contribution in [0.2, 0.25) is 0 Å². The summed E-state index contributed by atoms with van der Waals surface area (Å²) in [6, 6.07) is 5.21. The van der Waals surface area contributed by atoms with Crippen molar-refractivity contribution in [3.8, 4) is 17.3 Å². The van der Waals surface area contributed by atoms with E-state index in [4.69, 9.17) is 15.0 Å². The van der Waals surface area contributed by atoms with Crippen molar-refractivity contribution in [1.29, 1.82) is 0 Å². The molecule has 8 heteroatoms. The number of hydrogen-bond acceptors (Lipinski definition) is 7. The van der Waals surface area contributed by atoms with Gasteiger partial charge in [-0.25, -0.2) is 0 Å². The maximum atomic E-state index is 5.94. The number of anilines is 1. The summed E-state index contributed by atoms with van der Waals surface area (Å²) < 4.78 is 11.7. The predicted molar refractivity (Wildman–Crippen MR) is 69.8 cm³/mol. The van der Waals surface area contributed by atoms with Gasteiger partial charge in [-0.3, -0.25) is 9.55 Å². The number of hydrogen-bond donors (Lipinski definition) is 1. The van der Waals surface area contributed by atoms with E-state index in [1.165, 1.54) is 6.26 Å². The molecule has 0 saturated heterocycles. The summed E-state index contributed by atoms with van der Waals surface area (Å²) in [5.41, 5.74) is 6.98. The molecule has 0 aliphatic carbocycles. The first-order chi connectivity index (χ1) is 9.81. The molecule has 3 aromatic heterocycles. The quantitative estimate of drug-likeness (QED) is 0.756. The fourth-order valence-corrected chi connectivity index (χ4v) is 1.86. The van der Waals surface area contributed by atoms with Crippen molar-refractivity contribution in [3.05, 3.63) is 36.5 Å². The number of methoxy groups -OCH3 is 1. The monoisotopic (exact) mass is 272 g/mol. The summed E-state index contributed by atoms with van der Waals surface area (Å²) in [5.74, 6) is 1.62. The van der Waals surface area contributed by atoms with Gasteiger partial charge in [-0.2, -0.15) is 0 Å². The van der Waals surface area contributed by atoms with E-state index in [9.17, 15) is 0 Å². The van der Waals surface area contributed by atoms with Gasteiger partial charge in [0.05, 0.1) is 5.69 Å². The summed E-state index contributed by atoms with van der Waals surface area (Å²) >= 11 is 0. The maximum absolute atomic E-state index is 5.94. The van der Waals surface area contributed by atoms with Crippen molar-refractivity contribution >= 4 is 5.69 Å². The lowest BCUT2D eigenvalue weighted by atomic mass is 10.3. The molecule has 0 amide bonds. The van der Waals surface area contributed by atoms with Gasteiger partial charge in [0.15, 0.2) is 17.5 Å². The van der Waals surface area contributed by atoms with E-state index in [-0.39, 0.29) is 6.61 Å². The molecule has 0 atom stereocenters. The SMILES string of the molecule is COCc1nnc(-c2ncccc2N)n1-c1ccon1. The van der Waals surface area contributed by atoms with Crippen molar-refractivity contribution in [2.45, 2.75) is 6.61 Å². The average Bonchev–Trinajstić information content (AvgIpc) is 3.08. The van der Waals surface area contributed by atoms with Crippen LogP contribution in [0.25, 0.3) is 17.3 Å². The van der Waals surface area contributed by atoms with Gasteiger partial charge < -0.3 is 15.0 Å². The lowest BCUT2D eigenvalue weighted by Crippen LogP contribution is -2.06. The van der Waals surface area contributed by atoms with Gasteiger partial charge in [0.25, 0.3) is 0 Å². The third kappa shape index (κ3) is 2.01. The van der Waals surface area contributed by atoms with Gasteiger partial charge in [0, 0.05) is 19.4 Å². The minimum absolute atomic E-state index is 0.284. The normalized spacial score (nSPS) is 10.8. The standard InChI is InChI=1S/C12H12N6O2/c1-19-7-10-15-16-12(11-8(13)3-2-5-14-11)18(10)9-4-6-20-17-9/h2-6H,7,13H2,1H3. The Hall–Kier alpha value is -2.74. The Morgan fingerprint density at radius 3 is 2.95 bits per heavy atom. The van der Waals surface area contributed by atoms with E-state index >= 15 is 0 Å². The number of pyridine rings is 1. The van der Waals surface area contributed by atoms with Crippen molar-refractivity contribution in [3.63, 3.8) is 0 Å². The average molecular weight is 272 g/mol. The molecule has 3 rings (SSSR count). The van der Waals surface area contributed by atoms with Crippen LogP contribution in [0.15, 0.2) is 35.2 Å². The predicted octanol–water partition coefficient (Wildman–Crippen LogP) is 1.05. The van der Waals surface area contributed by atoms with Crippen LogP contribution in [-0.4, -0.2) is 32.0 Å². The van der Waals surface area contributed by atoms with Gasteiger partial charge in [-0.1, -0.05) is 5.16 Å². The van der Waals surface area contributed by atoms with Gasteiger partial charge in [0.1, 0.15) is 18.6 Å². The van der Waals surface area contributed by atoms with Gasteiger partial charge >= 0.3 is 0 Å². The second kappa shape index (κ2) is 5.10. The lowest BCUT2D eigenvalue weighted by molar-refractivity contribution is 0.176. The fourth-order valence-electron chi connectivity index (χ4n) is 1.86. The number of aromatic nitrogens is 5. The smallest absolute Gasteiger partial charge is 0.190 e. The molecule has 102 valence electrons. The van der Waals surface area contributed by atoms with E-state index in [0.717, 1.165) is 0 Å². The first-order valence-electron chi connectivity index (χ1n) is 5.86. The Kier molecular flexibility index (Phi) is 3.13. The Morgan fingerprint density at radius 2 is 2.25 bits per heavy atom. The number of rotatable bonds is 4. The zero-order valence-corrected chi connectivity index (χ0v) is 10.7. The van der Waals surface area contributed by atoms with Crippen molar-refractivity contribution < 1.29 is 9.26 Å². The molecule has 3 aromatic rings. The number of nitrogen functional groups attached to an aromatic ring is 1. The minimum atomic E-state index is 0.284. The van der Waals surface area contributed by atoms with Gasteiger partial charge in [0.2, 0.25) is 0 Å². The summed E-state index contributed by atoms with van der Waals surface area (Å²) in [6.45, 7) is 0.284. The summed E-state index contributed by atoms with van der Waals surface area (Å²) in [4.78, 5) is 4.24. The second-order valence-electron chi connectivity index (χ2n) is 4.01. The second-order valence-corrected chi connectivity index (χ2v) is 4.01. The van der Waals surface area contributed by atoms with Crippen LogP contribution < -0.4 is 5.73 Å². The molecule has 3 heterocycles. The zero-order valence-electron chi connectivity index (χ0n) is 10.7. The third-order valence-corrected chi connectivity index (χ3v) is 2.71. The van der Waals surface area contributed by atoms with E-state index < -0.39 is 0 Å². The molecule has 0 fully saturated rings. The van der Waals surface area contributed by atoms with Crippen LogP contribution in [0.3, 0.4) is 0 Å². The molecule has 2 N–H and O–H groups in total. The number of nitrogens with zero attached hydrogens (tertiary/aromatic N) is 5. The van der Waals surface area contributed by atoms with Crippen LogP contribution in [0.1, 0.15) is 5.82 Å². The molecular formula is C12H12N6O2. The van der Waals surface area contributed by atoms with Gasteiger partial charge in [-0.05, 0) is 12.1 Å². The Morgan fingerprint density at radius 1 is 1.35 bits per heavy atom. The van der Waals surface area contributed by atoms with Crippen molar-refractivity contribution in [1.82, 2.24) is 24.9 Å². The molecule has 0 unspecified atom stereocenters. The Balaban J connectivity index is 2.19. The molecule has 20 heavy (non-hydrogen) atoms. The first kappa shape index (κ1) is 12.3. The van der Waals surface area contributed by atoms with Crippen LogP contribution in [-0.2, 0) is 11.3 Å². The minimum Gasteiger partial charge on any atom is -0.397 e. The molecule has 0 radical (unpaired) electrons. The highest BCUT2D eigenvalue weighted by Crippen LogP contribution is 2.24. The van der Waals surface area contributed by atoms with E-state index in [1.807, 2.05) is 0 Å². The third-order valence-electron chi connectivity index (χ3n) is 2.71. The lowest BCUT2D eigenvalue weighted by Gasteiger charge is -2.07. The molecule has 8 nitrogen and oxygen atoms in total. The summed E-state index contributed by atoms with van der Waals surface area (Å²) in [7, 11) is 1.58. The number of ether oxygens (including phenoxy) is 1.